The minimum atomic E-state index is -0.0168. The van der Waals surface area contributed by atoms with Crippen molar-refractivity contribution < 1.29 is 9.53 Å². The van der Waals surface area contributed by atoms with Crippen LogP contribution in [-0.4, -0.2) is 12.5 Å². The summed E-state index contributed by atoms with van der Waals surface area (Å²) in [7, 11) is 0. The van der Waals surface area contributed by atoms with Crippen molar-refractivity contribution in [3.8, 4) is 16.9 Å². The number of rotatable bonds is 7. The highest BCUT2D eigenvalue weighted by molar-refractivity contribution is 5.77. The molecule has 23 heavy (non-hydrogen) atoms. The van der Waals surface area contributed by atoms with Crippen molar-refractivity contribution in [3.05, 3.63) is 66.7 Å². The molecule has 2 rings (SSSR count). The molecule has 0 aliphatic carbocycles. The second-order valence-corrected chi connectivity index (χ2v) is 5.36. The van der Waals surface area contributed by atoms with Crippen LogP contribution in [0.4, 0.5) is 0 Å². The second kappa shape index (κ2) is 8.18. The molecule has 0 heterocycles. The quantitative estimate of drug-likeness (QED) is 0.764. The van der Waals surface area contributed by atoms with Crippen molar-refractivity contribution in [2.75, 3.05) is 6.61 Å². The summed E-state index contributed by atoms with van der Waals surface area (Å²) in [6.07, 6.45) is 1.95. The predicted octanol–water partition coefficient (Wildman–Crippen LogP) is 4.51. The number of hydrogen-bond donors (Lipinski definition) is 1. The van der Waals surface area contributed by atoms with Crippen LogP contribution in [0.1, 0.15) is 31.9 Å². The van der Waals surface area contributed by atoms with Gasteiger partial charge in [-0.1, -0.05) is 42.5 Å². The third-order valence-corrected chi connectivity index (χ3v) is 3.62. The van der Waals surface area contributed by atoms with Gasteiger partial charge < -0.3 is 10.1 Å². The van der Waals surface area contributed by atoms with Gasteiger partial charge in [0.25, 0.3) is 0 Å². The third kappa shape index (κ3) is 4.71. The van der Waals surface area contributed by atoms with E-state index in [1.165, 1.54) is 0 Å². The molecule has 3 nitrogen and oxygen atoms in total. The van der Waals surface area contributed by atoms with E-state index in [9.17, 15) is 4.79 Å². The Balaban J connectivity index is 2.06. The molecule has 0 fully saturated rings. The summed E-state index contributed by atoms with van der Waals surface area (Å²) in [5.74, 6) is 0.870. The number of hydrogen-bond acceptors (Lipinski definition) is 2. The molecule has 1 unspecified atom stereocenters. The number of ether oxygens (including phenoxy) is 1. The molecule has 2 aromatic rings. The maximum Gasteiger partial charge on any atom is 0.224 e. The molecule has 120 valence electrons. The Morgan fingerprint density at radius 1 is 1.13 bits per heavy atom. The fourth-order valence-corrected chi connectivity index (χ4v) is 2.39. The maximum atomic E-state index is 11.6. The molecule has 1 N–H and O–H groups in total. The van der Waals surface area contributed by atoms with E-state index in [4.69, 9.17) is 4.74 Å². The zero-order chi connectivity index (χ0) is 16.7. The van der Waals surface area contributed by atoms with Crippen LogP contribution in [0.3, 0.4) is 0 Å². The van der Waals surface area contributed by atoms with E-state index < -0.39 is 0 Å². The van der Waals surface area contributed by atoms with Crippen molar-refractivity contribution in [1.29, 1.82) is 0 Å². The highest BCUT2D eigenvalue weighted by atomic mass is 16.5. The molecule has 0 aliphatic rings. The Bertz CT molecular complexity index is 644. The molecule has 0 radical (unpaired) electrons. The molecule has 3 heteroatoms. The first-order chi connectivity index (χ1) is 11.1. The summed E-state index contributed by atoms with van der Waals surface area (Å²) in [5, 5.41) is 2.95. The van der Waals surface area contributed by atoms with Gasteiger partial charge in [0.2, 0.25) is 5.91 Å². The molecule has 0 bridgehead atoms. The molecule has 0 saturated carbocycles. The Labute approximate surface area is 138 Å². The topological polar surface area (TPSA) is 38.3 Å². The molecular weight excluding hydrogens is 286 g/mol. The van der Waals surface area contributed by atoms with Gasteiger partial charge in [-0.25, -0.2) is 0 Å². The second-order valence-electron chi connectivity index (χ2n) is 5.36. The Kier molecular flexibility index (Phi) is 5.98. The molecule has 0 aliphatic heterocycles. The van der Waals surface area contributed by atoms with Crippen LogP contribution >= 0.6 is 0 Å². The van der Waals surface area contributed by atoms with Crippen molar-refractivity contribution in [1.82, 2.24) is 5.32 Å². The van der Waals surface area contributed by atoms with Crippen LogP contribution in [-0.2, 0) is 4.79 Å². The number of carbonyl (C=O) groups excluding carboxylic acids is 1. The number of amides is 1. The summed E-state index contributed by atoms with van der Waals surface area (Å²) in [6, 6.07) is 16.3. The van der Waals surface area contributed by atoms with Crippen LogP contribution in [0.25, 0.3) is 11.1 Å². The van der Waals surface area contributed by atoms with Gasteiger partial charge in [0.1, 0.15) is 5.75 Å². The average molecular weight is 309 g/mol. The highest BCUT2D eigenvalue weighted by Crippen LogP contribution is 2.24. The summed E-state index contributed by atoms with van der Waals surface area (Å²) in [6.45, 7) is 8.20. The monoisotopic (exact) mass is 309 g/mol. The number of benzene rings is 2. The largest absolute Gasteiger partial charge is 0.494 e. The van der Waals surface area contributed by atoms with Gasteiger partial charge in [0.05, 0.1) is 12.6 Å². The van der Waals surface area contributed by atoms with Crippen molar-refractivity contribution >= 4 is 5.91 Å². The zero-order valence-corrected chi connectivity index (χ0v) is 13.7. The van der Waals surface area contributed by atoms with Gasteiger partial charge in [-0.3, -0.25) is 4.79 Å². The van der Waals surface area contributed by atoms with Crippen molar-refractivity contribution in [2.24, 2.45) is 0 Å². The lowest BCUT2D eigenvalue weighted by Crippen LogP contribution is -2.25. The van der Waals surface area contributed by atoms with Gasteiger partial charge in [-0.05, 0) is 42.7 Å². The van der Waals surface area contributed by atoms with E-state index in [0.717, 1.165) is 22.4 Å². The molecule has 0 spiro atoms. The number of carbonyl (C=O) groups is 1. The first-order valence-corrected chi connectivity index (χ1v) is 7.87. The van der Waals surface area contributed by atoms with Crippen molar-refractivity contribution in [3.63, 3.8) is 0 Å². The molecule has 2 aromatic carbocycles. The average Bonchev–Trinajstić information content (AvgIpc) is 2.56. The fourth-order valence-electron chi connectivity index (χ4n) is 2.39. The van der Waals surface area contributed by atoms with E-state index in [0.29, 0.717) is 13.0 Å². The molecule has 1 amide bonds. The third-order valence-electron chi connectivity index (χ3n) is 3.62. The van der Waals surface area contributed by atoms with Gasteiger partial charge >= 0.3 is 0 Å². The van der Waals surface area contributed by atoms with Gasteiger partial charge in [0, 0.05) is 6.42 Å². The normalized spacial score (nSPS) is 11.6. The summed E-state index contributed by atoms with van der Waals surface area (Å²) >= 11 is 0. The van der Waals surface area contributed by atoms with E-state index in [1.807, 2.05) is 38.1 Å². The minimum absolute atomic E-state index is 0.0110. The maximum absolute atomic E-state index is 11.6. The first-order valence-electron chi connectivity index (χ1n) is 7.87. The number of nitrogens with one attached hydrogen (secondary N) is 1. The summed E-state index contributed by atoms with van der Waals surface area (Å²) < 4.78 is 5.46. The predicted molar refractivity (Wildman–Crippen MR) is 94.4 cm³/mol. The van der Waals surface area contributed by atoms with E-state index >= 15 is 0 Å². The van der Waals surface area contributed by atoms with E-state index in [1.54, 1.807) is 6.08 Å². The SMILES string of the molecule is C=CCC(=O)NC(C)c1ccc(-c2ccc(OCC)cc2)cc1. The molecule has 0 aromatic heterocycles. The van der Waals surface area contributed by atoms with Gasteiger partial charge in [-0.2, -0.15) is 0 Å². The summed E-state index contributed by atoms with van der Waals surface area (Å²) in [4.78, 5) is 11.6. The smallest absolute Gasteiger partial charge is 0.224 e. The molecular formula is C20H23NO2. The Morgan fingerprint density at radius 2 is 1.70 bits per heavy atom. The lowest BCUT2D eigenvalue weighted by molar-refractivity contribution is -0.120. The fraction of sp³-hybridized carbons (Fsp3) is 0.250. The van der Waals surface area contributed by atoms with Crippen LogP contribution in [0.2, 0.25) is 0 Å². The Hall–Kier alpha value is -2.55. The molecule has 1 atom stereocenters. The lowest BCUT2D eigenvalue weighted by atomic mass is 10.0. The minimum Gasteiger partial charge on any atom is -0.494 e. The Morgan fingerprint density at radius 3 is 2.22 bits per heavy atom. The van der Waals surface area contributed by atoms with Crippen LogP contribution in [0.5, 0.6) is 5.75 Å². The molecule has 0 saturated heterocycles. The zero-order valence-electron chi connectivity index (χ0n) is 13.7. The van der Waals surface area contributed by atoms with E-state index in [2.05, 4.69) is 36.2 Å². The van der Waals surface area contributed by atoms with Crippen LogP contribution < -0.4 is 10.1 Å². The van der Waals surface area contributed by atoms with Crippen LogP contribution in [0, 0.1) is 0 Å². The van der Waals surface area contributed by atoms with Gasteiger partial charge in [-0.15, -0.1) is 6.58 Å². The van der Waals surface area contributed by atoms with Gasteiger partial charge in [0.15, 0.2) is 0 Å². The lowest BCUT2D eigenvalue weighted by Gasteiger charge is -2.14. The summed E-state index contributed by atoms with van der Waals surface area (Å²) in [5.41, 5.74) is 3.36. The first kappa shape index (κ1) is 16.8. The standard InChI is InChI=1S/C20H23NO2/c1-4-6-20(22)21-15(3)16-7-9-17(10-8-16)18-11-13-19(14-12-18)23-5-2/h4,7-15H,1,5-6H2,2-3H3,(H,21,22). The van der Waals surface area contributed by atoms with Crippen LogP contribution in [0.15, 0.2) is 61.2 Å². The highest BCUT2D eigenvalue weighted by Gasteiger charge is 2.08. The van der Waals surface area contributed by atoms with E-state index in [-0.39, 0.29) is 11.9 Å². The van der Waals surface area contributed by atoms with Crippen molar-refractivity contribution in [2.45, 2.75) is 26.3 Å².